The molecule has 0 unspecified atom stereocenters. The number of hydrogen-bond donors (Lipinski definition) is 1. The minimum atomic E-state index is -4.61. The summed E-state index contributed by atoms with van der Waals surface area (Å²) in [6, 6.07) is 6.12. The molecule has 5 fully saturated rings. The highest BCUT2D eigenvalue weighted by Crippen LogP contribution is 2.55. The minimum Gasteiger partial charge on any atom is -0.494 e. The predicted molar refractivity (Wildman–Crippen MR) is 134 cm³/mol. The van der Waals surface area contributed by atoms with Gasteiger partial charge in [0.05, 0.1) is 12.8 Å². The highest BCUT2D eigenvalue weighted by atomic mass is 35.5. The summed E-state index contributed by atoms with van der Waals surface area (Å²) < 4.78 is 50.6. The summed E-state index contributed by atoms with van der Waals surface area (Å²) in [4.78, 5) is 10.2. The number of methoxy groups -OCH3 is 1. The summed E-state index contributed by atoms with van der Waals surface area (Å²) in [6.07, 6.45) is 5.46. The molecule has 2 aromatic rings. The third-order valence-electron chi connectivity index (χ3n) is 8.85. The zero-order chi connectivity index (χ0) is 25.7. The molecular formula is C27H32ClF3N4O2. The van der Waals surface area contributed by atoms with E-state index in [9.17, 15) is 13.2 Å². The Hall–Kier alpha value is -2.26. The van der Waals surface area contributed by atoms with Crippen LogP contribution in [0.1, 0.15) is 50.5 Å². The SMILES string of the molecule is COc1cc(OC2CCN(C3C4CC5CC(C4)CC3C5)CC2)ccc1Nc1ncc(C(F)(F)F)c(Cl)n1. The Morgan fingerprint density at radius 1 is 1.03 bits per heavy atom. The normalized spacial score (nSPS) is 29.9. The fraction of sp³-hybridized carbons (Fsp3) is 0.630. The second kappa shape index (κ2) is 9.80. The smallest absolute Gasteiger partial charge is 0.420 e. The molecule has 0 spiro atoms. The zero-order valence-corrected chi connectivity index (χ0v) is 21.6. The van der Waals surface area contributed by atoms with Crippen LogP contribution in [0, 0.1) is 23.7 Å². The van der Waals surface area contributed by atoms with Gasteiger partial charge in [-0.1, -0.05) is 11.6 Å². The Bertz CT molecular complexity index is 1110. The van der Waals surface area contributed by atoms with Crippen molar-refractivity contribution in [3.05, 3.63) is 35.1 Å². The van der Waals surface area contributed by atoms with Crippen LogP contribution in [-0.2, 0) is 6.18 Å². The number of anilines is 2. The van der Waals surface area contributed by atoms with Crippen molar-refractivity contribution in [2.45, 2.75) is 63.3 Å². The van der Waals surface area contributed by atoms with E-state index in [-0.39, 0.29) is 12.1 Å². The Morgan fingerprint density at radius 3 is 2.30 bits per heavy atom. The molecular weight excluding hydrogens is 505 g/mol. The van der Waals surface area contributed by atoms with Crippen LogP contribution >= 0.6 is 11.6 Å². The van der Waals surface area contributed by atoms with Gasteiger partial charge in [0.1, 0.15) is 28.3 Å². The van der Waals surface area contributed by atoms with E-state index in [1.54, 1.807) is 12.1 Å². The lowest BCUT2D eigenvalue weighted by Gasteiger charge is -2.58. The van der Waals surface area contributed by atoms with Gasteiger partial charge in [-0.05, 0) is 80.8 Å². The lowest BCUT2D eigenvalue weighted by Crippen LogP contribution is -2.58. The Morgan fingerprint density at radius 2 is 1.70 bits per heavy atom. The lowest BCUT2D eigenvalue weighted by molar-refractivity contribution is -0.137. The van der Waals surface area contributed by atoms with Crippen LogP contribution in [0.15, 0.2) is 24.4 Å². The molecule has 4 bridgehead atoms. The number of likely N-dealkylation sites (tertiary alicyclic amines) is 1. The second-order valence-electron chi connectivity index (χ2n) is 11.2. The van der Waals surface area contributed by atoms with Gasteiger partial charge in [-0.25, -0.2) is 9.97 Å². The van der Waals surface area contributed by atoms with Crippen LogP contribution in [-0.4, -0.2) is 47.2 Å². The van der Waals surface area contributed by atoms with E-state index in [1.807, 2.05) is 6.07 Å². The van der Waals surface area contributed by atoms with Crippen molar-refractivity contribution >= 4 is 23.2 Å². The Kier molecular flexibility index (Phi) is 6.63. The van der Waals surface area contributed by atoms with Crippen molar-refractivity contribution in [2.24, 2.45) is 23.7 Å². The number of nitrogens with zero attached hydrogens (tertiary/aromatic N) is 3. The highest BCUT2D eigenvalue weighted by Gasteiger charge is 2.50. The molecule has 0 radical (unpaired) electrons. The molecule has 6 nitrogen and oxygen atoms in total. The maximum atomic E-state index is 12.9. The lowest BCUT2D eigenvalue weighted by atomic mass is 9.53. The molecule has 4 saturated carbocycles. The van der Waals surface area contributed by atoms with E-state index < -0.39 is 16.9 Å². The first-order valence-corrected chi connectivity index (χ1v) is 13.6. The van der Waals surface area contributed by atoms with E-state index in [1.165, 1.54) is 39.2 Å². The number of piperidine rings is 1. The first-order valence-electron chi connectivity index (χ1n) is 13.2. The summed E-state index contributed by atoms with van der Waals surface area (Å²) in [6.45, 7) is 2.17. The van der Waals surface area contributed by atoms with Crippen molar-refractivity contribution in [1.29, 1.82) is 0 Å². The predicted octanol–water partition coefficient (Wildman–Crippen LogP) is 6.57. The van der Waals surface area contributed by atoms with Crippen LogP contribution in [0.3, 0.4) is 0 Å². The van der Waals surface area contributed by atoms with Gasteiger partial charge < -0.3 is 14.8 Å². The Labute approximate surface area is 219 Å². The summed E-state index contributed by atoms with van der Waals surface area (Å²) in [5.74, 6) is 4.92. The number of benzene rings is 1. The molecule has 1 saturated heterocycles. The molecule has 200 valence electrons. The summed E-state index contributed by atoms with van der Waals surface area (Å²) >= 11 is 5.72. The van der Waals surface area contributed by atoms with Gasteiger partial charge in [0.2, 0.25) is 5.95 Å². The number of halogens is 4. The van der Waals surface area contributed by atoms with E-state index in [0.29, 0.717) is 23.4 Å². The fourth-order valence-electron chi connectivity index (χ4n) is 7.56. The molecule has 4 aliphatic carbocycles. The number of hydrogen-bond acceptors (Lipinski definition) is 6. The Balaban J connectivity index is 1.06. The monoisotopic (exact) mass is 536 g/mol. The van der Waals surface area contributed by atoms with Gasteiger partial charge in [-0.15, -0.1) is 0 Å². The molecule has 2 heterocycles. The molecule has 1 aromatic heterocycles. The van der Waals surface area contributed by atoms with E-state index in [4.69, 9.17) is 21.1 Å². The fourth-order valence-corrected chi connectivity index (χ4v) is 7.79. The van der Waals surface area contributed by atoms with Crippen LogP contribution in [0.5, 0.6) is 11.5 Å². The van der Waals surface area contributed by atoms with Crippen molar-refractivity contribution in [3.63, 3.8) is 0 Å². The molecule has 0 atom stereocenters. The molecule has 1 aromatic carbocycles. The van der Waals surface area contributed by atoms with Crippen molar-refractivity contribution in [1.82, 2.24) is 14.9 Å². The standard InChI is InChI=1S/C27H32ClF3N4O2/c1-36-23-13-20(2-3-22(23)33-26-32-14-21(25(28)34-26)27(29,30)31)37-19-4-6-35(7-5-19)24-17-9-15-8-16(11-17)12-18(24)10-15/h2-3,13-19,24H,4-12H2,1H3,(H,32,33,34). The average Bonchev–Trinajstić information content (AvgIpc) is 2.84. The second-order valence-corrected chi connectivity index (χ2v) is 11.5. The van der Waals surface area contributed by atoms with E-state index in [2.05, 4.69) is 20.2 Å². The van der Waals surface area contributed by atoms with Crippen molar-refractivity contribution in [3.8, 4) is 11.5 Å². The molecule has 10 heteroatoms. The topological polar surface area (TPSA) is 59.5 Å². The molecule has 0 amide bonds. The summed E-state index contributed by atoms with van der Waals surface area (Å²) in [5, 5.41) is 2.22. The number of aromatic nitrogens is 2. The number of rotatable bonds is 6. The third kappa shape index (κ3) is 5.09. The summed E-state index contributed by atoms with van der Waals surface area (Å²) in [5.41, 5.74) is -0.577. The zero-order valence-electron chi connectivity index (χ0n) is 20.8. The van der Waals surface area contributed by atoms with Crippen LogP contribution in [0.4, 0.5) is 24.8 Å². The van der Waals surface area contributed by atoms with Gasteiger partial charge in [-0.2, -0.15) is 13.2 Å². The number of alkyl halides is 3. The van der Waals surface area contributed by atoms with Gasteiger partial charge in [0, 0.05) is 31.4 Å². The quantitative estimate of drug-likeness (QED) is 0.421. The van der Waals surface area contributed by atoms with Gasteiger partial charge in [-0.3, -0.25) is 4.90 Å². The van der Waals surface area contributed by atoms with Crippen LogP contribution in [0.2, 0.25) is 5.15 Å². The van der Waals surface area contributed by atoms with Crippen LogP contribution < -0.4 is 14.8 Å². The molecule has 7 rings (SSSR count). The summed E-state index contributed by atoms with van der Waals surface area (Å²) in [7, 11) is 1.52. The van der Waals surface area contributed by atoms with Crippen molar-refractivity contribution < 1.29 is 22.6 Å². The van der Waals surface area contributed by atoms with E-state index in [0.717, 1.165) is 55.6 Å². The highest BCUT2D eigenvalue weighted by molar-refractivity contribution is 6.30. The maximum Gasteiger partial charge on any atom is 0.420 e. The minimum absolute atomic E-state index is 0.0536. The van der Waals surface area contributed by atoms with Gasteiger partial charge >= 0.3 is 6.18 Å². The number of ether oxygens (including phenoxy) is 2. The average molecular weight is 537 g/mol. The van der Waals surface area contributed by atoms with E-state index >= 15 is 0 Å². The molecule has 1 N–H and O–H groups in total. The largest absolute Gasteiger partial charge is 0.494 e. The first kappa shape index (κ1) is 25.0. The van der Waals surface area contributed by atoms with Gasteiger partial charge in [0.15, 0.2) is 0 Å². The molecule has 1 aliphatic heterocycles. The van der Waals surface area contributed by atoms with Gasteiger partial charge in [0.25, 0.3) is 0 Å². The van der Waals surface area contributed by atoms with Crippen molar-refractivity contribution in [2.75, 3.05) is 25.5 Å². The molecule has 5 aliphatic rings. The maximum absolute atomic E-state index is 12.9. The molecule has 37 heavy (non-hydrogen) atoms. The van der Waals surface area contributed by atoms with Crippen LogP contribution in [0.25, 0.3) is 0 Å². The first-order chi connectivity index (χ1) is 17.8. The number of nitrogens with one attached hydrogen (secondary N) is 1. The third-order valence-corrected chi connectivity index (χ3v) is 9.13.